The number of hydrogen-bond donors (Lipinski definition) is 1. The minimum Gasteiger partial charge on any atom is -0.497 e. The zero-order valence-corrected chi connectivity index (χ0v) is 14.1. The number of nitrogens with one attached hydrogen (secondary N) is 1. The standard InChI is InChI=1S/C20H23NO2/c1-13-18-10-5-6-11-19(18)23-20(13)15(3)21-14(2)16-8-7-9-17(12-16)22-4/h5-12,14-15,21H,1-4H3. The molecule has 0 amide bonds. The Balaban J connectivity index is 1.82. The van der Waals surface area contributed by atoms with E-state index in [1.54, 1.807) is 7.11 Å². The topological polar surface area (TPSA) is 34.4 Å². The lowest BCUT2D eigenvalue weighted by molar-refractivity contribution is 0.405. The van der Waals surface area contributed by atoms with Crippen molar-refractivity contribution >= 4 is 11.0 Å². The van der Waals surface area contributed by atoms with Crippen molar-refractivity contribution in [3.05, 3.63) is 65.4 Å². The molecule has 3 rings (SSSR count). The first kappa shape index (κ1) is 15.6. The number of rotatable bonds is 5. The third-order valence-electron chi connectivity index (χ3n) is 4.37. The van der Waals surface area contributed by atoms with Gasteiger partial charge in [0.15, 0.2) is 0 Å². The number of ether oxygens (including phenoxy) is 1. The van der Waals surface area contributed by atoms with Crippen LogP contribution in [0, 0.1) is 6.92 Å². The lowest BCUT2D eigenvalue weighted by Crippen LogP contribution is -2.22. The normalized spacial score (nSPS) is 13.9. The third kappa shape index (κ3) is 3.10. The molecule has 2 aromatic carbocycles. The molecule has 0 spiro atoms. The summed E-state index contributed by atoms with van der Waals surface area (Å²) in [5.41, 5.74) is 3.35. The monoisotopic (exact) mass is 309 g/mol. The molecule has 0 saturated carbocycles. The second kappa shape index (κ2) is 6.47. The number of furan rings is 1. The van der Waals surface area contributed by atoms with Crippen LogP contribution in [0.4, 0.5) is 0 Å². The Morgan fingerprint density at radius 3 is 2.52 bits per heavy atom. The summed E-state index contributed by atoms with van der Waals surface area (Å²) >= 11 is 0. The average molecular weight is 309 g/mol. The van der Waals surface area contributed by atoms with E-state index in [0.29, 0.717) is 0 Å². The largest absolute Gasteiger partial charge is 0.497 e. The Bertz CT molecular complexity index is 806. The Morgan fingerprint density at radius 1 is 1.00 bits per heavy atom. The van der Waals surface area contributed by atoms with E-state index >= 15 is 0 Å². The van der Waals surface area contributed by atoms with Crippen LogP contribution in [0.3, 0.4) is 0 Å². The highest BCUT2D eigenvalue weighted by molar-refractivity contribution is 5.82. The van der Waals surface area contributed by atoms with Gasteiger partial charge in [-0.2, -0.15) is 0 Å². The van der Waals surface area contributed by atoms with Crippen molar-refractivity contribution in [3.63, 3.8) is 0 Å². The van der Waals surface area contributed by atoms with Gasteiger partial charge in [0, 0.05) is 11.4 Å². The first-order chi connectivity index (χ1) is 11.1. The van der Waals surface area contributed by atoms with E-state index in [1.165, 1.54) is 16.5 Å². The van der Waals surface area contributed by atoms with Crippen molar-refractivity contribution in [1.82, 2.24) is 5.32 Å². The van der Waals surface area contributed by atoms with Crippen LogP contribution in [0.2, 0.25) is 0 Å². The van der Waals surface area contributed by atoms with Crippen LogP contribution in [-0.4, -0.2) is 7.11 Å². The van der Waals surface area contributed by atoms with Gasteiger partial charge in [0.1, 0.15) is 17.1 Å². The van der Waals surface area contributed by atoms with Crippen LogP contribution in [0.5, 0.6) is 5.75 Å². The van der Waals surface area contributed by atoms with Crippen LogP contribution >= 0.6 is 0 Å². The molecule has 2 unspecified atom stereocenters. The number of methoxy groups -OCH3 is 1. The molecule has 0 aliphatic heterocycles. The van der Waals surface area contributed by atoms with E-state index in [2.05, 4.69) is 44.3 Å². The van der Waals surface area contributed by atoms with Crippen LogP contribution in [0.15, 0.2) is 52.9 Å². The molecule has 0 aliphatic rings. The highest BCUT2D eigenvalue weighted by atomic mass is 16.5. The Kier molecular flexibility index (Phi) is 4.39. The fraction of sp³-hybridized carbons (Fsp3) is 0.300. The van der Waals surface area contributed by atoms with Crippen molar-refractivity contribution in [2.45, 2.75) is 32.9 Å². The predicted octanol–water partition coefficient (Wildman–Crippen LogP) is 5.16. The lowest BCUT2D eigenvalue weighted by Gasteiger charge is -2.20. The van der Waals surface area contributed by atoms with Gasteiger partial charge in [0.05, 0.1) is 13.2 Å². The molecule has 1 N–H and O–H groups in total. The fourth-order valence-corrected chi connectivity index (χ4v) is 3.06. The Labute approximate surface area is 137 Å². The zero-order chi connectivity index (χ0) is 16.4. The molecule has 120 valence electrons. The molecule has 1 heterocycles. The molecular formula is C20H23NO2. The third-order valence-corrected chi connectivity index (χ3v) is 4.37. The number of hydrogen-bond acceptors (Lipinski definition) is 3. The van der Waals surface area contributed by atoms with E-state index in [4.69, 9.17) is 9.15 Å². The predicted molar refractivity (Wildman–Crippen MR) is 93.9 cm³/mol. The molecule has 23 heavy (non-hydrogen) atoms. The molecule has 0 fully saturated rings. The minimum atomic E-state index is 0.128. The molecule has 3 nitrogen and oxygen atoms in total. The van der Waals surface area contributed by atoms with Crippen molar-refractivity contribution in [3.8, 4) is 5.75 Å². The van der Waals surface area contributed by atoms with Gasteiger partial charge < -0.3 is 14.5 Å². The van der Waals surface area contributed by atoms with Crippen molar-refractivity contribution in [2.24, 2.45) is 0 Å². The van der Waals surface area contributed by atoms with E-state index in [0.717, 1.165) is 17.1 Å². The molecule has 0 bridgehead atoms. The van der Waals surface area contributed by atoms with Crippen LogP contribution in [-0.2, 0) is 0 Å². The Morgan fingerprint density at radius 2 is 1.78 bits per heavy atom. The van der Waals surface area contributed by atoms with E-state index in [1.807, 2.05) is 30.3 Å². The number of aryl methyl sites for hydroxylation is 1. The lowest BCUT2D eigenvalue weighted by atomic mass is 10.0. The molecule has 3 aromatic rings. The van der Waals surface area contributed by atoms with Gasteiger partial charge in [-0.1, -0.05) is 30.3 Å². The molecule has 3 heteroatoms. The second-order valence-electron chi connectivity index (χ2n) is 5.97. The van der Waals surface area contributed by atoms with Crippen LogP contribution < -0.4 is 10.1 Å². The molecule has 2 atom stereocenters. The van der Waals surface area contributed by atoms with Gasteiger partial charge in [0.25, 0.3) is 0 Å². The summed E-state index contributed by atoms with van der Waals surface area (Å²) in [7, 11) is 1.69. The molecule has 1 aromatic heterocycles. The van der Waals surface area contributed by atoms with Gasteiger partial charge in [-0.25, -0.2) is 0 Å². The second-order valence-corrected chi connectivity index (χ2v) is 5.97. The van der Waals surface area contributed by atoms with Crippen LogP contribution in [0.25, 0.3) is 11.0 Å². The number of para-hydroxylation sites is 1. The summed E-state index contributed by atoms with van der Waals surface area (Å²) < 4.78 is 11.4. The molecule has 0 radical (unpaired) electrons. The minimum absolute atomic E-state index is 0.128. The van der Waals surface area contributed by atoms with E-state index in [9.17, 15) is 0 Å². The SMILES string of the molecule is COc1cccc(C(C)NC(C)c2oc3ccccc3c2C)c1. The van der Waals surface area contributed by atoms with E-state index in [-0.39, 0.29) is 12.1 Å². The summed E-state index contributed by atoms with van der Waals surface area (Å²) in [4.78, 5) is 0. The van der Waals surface area contributed by atoms with Gasteiger partial charge in [0.2, 0.25) is 0 Å². The van der Waals surface area contributed by atoms with Crippen molar-refractivity contribution < 1.29 is 9.15 Å². The quantitative estimate of drug-likeness (QED) is 0.706. The van der Waals surface area contributed by atoms with Crippen molar-refractivity contribution in [2.75, 3.05) is 7.11 Å². The van der Waals surface area contributed by atoms with E-state index < -0.39 is 0 Å². The number of fused-ring (bicyclic) bond motifs is 1. The molecule has 0 saturated heterocycles. The smallest absolute Gasteiger partial charge is 0.134 e. The number of benzene rings is 2. The highest BCUT2D eigenvalue weighted by Gasteiger charge is 2.18. The summed E-state index contributed by atoms with van der Waals surface area (Å²) in [5, 5.41) is 4.80. The van der Waals surface area contributed by atoms with Crippen molar-refractivity contribution in [1.29, 1.82) is 0 Å². The molecular weight excluding hydrogens is 286 g/mol. The average Bonchev–Trinajstić information content (AvgIpc) is 2.92. The Hall–Kier alpha value is -2.26. The summed E-state index contributed by atoms with van der Waals surface area (Å²) in [5.74, 6) is 1.88. The van der Waals surface area contributed by atoms with Gasteiger partial charge in [-0.15, -0.1) is 0 Å². The van der Waals surface area contributed by atoms with Crippen LogP contribution in [0.1, 0.15) is 42.8 Å². The summed E-state index contributed by atoms with van der Waals surface area (Å²) in [6.07, 6.45) is 0. The maximum absolute atomic E-state index is 6.06. The summed E-state index contributed by atoms with van der Waals surface area (Å²) in [6.45, 7) is 6.42. The first-order valence-electron chi connectivity index (χ1n) is 7.98. The molecule has 0 aliphatic carbocycles. The summed E-state index contributed by atoms with van der Waals surface area (Å²) in [6, 6.07) is 16.7. The maximum atomic E-state index is 6.06. The van der Waals surface area contributed by atoms with Gasteiger partial charge >= 0.3 is 0 Å². The van der Waals surface area contributed by atoms with Gasteiger partial charge in [-0.3, -0.25) is 0 Å². The first-order valence-corrected chi connectivity index (χ1v) is 7.98. The van der Waals surface area contributed by atoms with Gasteiger partial charge in [-0.05, 0) is 50.1 Å². The maximum Gasteiger partial charge on any atom is 0.134 e. The fourth-order valence-electron chi connectivity index (χ4n) is 3.06. The highest BCUT2D eigenvalue weighted by Crippen LogP contribution is 2.30. The zero-order valence-electron chi connectivity index (χ0n) is 14.1.